The lowest BCUT2D eigenvalue weighted by atomic mass is 10.1. The van der Waals surface area contributed by atoms with E-state index in [-0.39, 0.29) is 24.1 Å². The summed E-state index contributed by atoms with van der Waals surface area (Å²) in [5.41, 5.74) is 6.78. The van der Waals surface area contributed by atoms with Gasteiger partial charge >= 0.3 is 0 Å². The van der Waals surface area contributed by atoms with Crippen LogP contribution in [0.25, 0.3) is 0 Å². The molecule has 2 aromatic carbocycles. The molecule has 3 N–H and O–H groups in total. The fraction of sp³-hybridized carbons (Fsp3) is 0.200. The predicted molar refractivity (Wildman–Crippen MR) is 82.5 cm³/mol. The van der Waals surface area contributed by atoms with Crippen molar-refractivity contribution >= 4 is 21.6 Å². The van der Waals surface area contributed by atoms with Gasteiger partial charge in [0.15, 0.2) is 0 Å². The van der Waals surface area contributed by atoms with Crippen molar-refractivity contribution in [3.63, 3.8) is 0 Å². The first-order valence-corrected chi connectivity index (χ1v) is 7.09. The summed E-state index contributed by atoms with van der Waals surface area (Å²) in [6.07, 6.45) is 0. The topological polar surface area (TPSA) is 47.3 Å². The lowest BCUT2D eigenvalue weighted by Crippen LogP contribution is -2.21. The number of halogens is 3. The molecule has 6 heteroatoms. The molecule has 0 amide bonds. The van der Waals surface area contributed by atoms with E-state index in [1.807, 2.05) is 0 Å². The standard InChI is InChI=1S/C15H15BrF2N2O/c1-21-10-3-5-13(18)14(7-10)20-15(8-19)11-4-2-9(17)6-12(11)16/h2-7,15,20H,8,19H2,1H3. The van der Waals surface area contributed by atoms with E-state index in [4.69, 9.17) is 10.5 Å². The van der Waals surface area contributed by atoms with Gasteiger partial charge in [-0.1, -0.05) is 22.0 Å². The summed E-state index contributed by atoms with van der Waals surface area (Å²) in [4.78, 5) is 0. The highest BCUT2D eigenvalue weighted by molar-refractivity contribution is 9.10. The van der Waals surface area contributed by atoms with Crippen LogP contribution in [0.3, 0.4) is 0 Å². The van der Waals surface area contributed by atoms with Gasteiger partial charge in [0.25, 0.3) is 0 Å². The number of nitrogens with one attached hydrogen (secondary N) is 1. The number of methoxy groups -OCH3 is 1. The number of hydrogen-bond acceptors (Lipinski definition) is 3. The summed E-state index contributed by atoms with van der Waals surface area (Å²) in [5, 5.41) is 3.02. The molecule has 0 aliphatic carbocycles. The van der Waals surface area contributed by atoms with E-state index in [0.29, 0.717) is 10.2 Å². The maximum Gasteiger partial charge on any atom is 0.146 e. The summed E-state index contributed by atoms with van der Waals surface area (Å²) >= 11 is 3.29. The minimum Gasteiger partial charge on any atom is -0.497 e. The Hall–Kier alpha value is -1.66. The summed E-state index contributed by atoms with van der Waals surface area (Å²) in [5.74, 6) is -0.228. The van der Waals surface area contributed by atoms with E-state index < -0.39 is 5.82 Å². The van der Waals surface area contributed by atoms with Crippen LogP contribution in [-0.2, 0) is 0 Å². The van der Waals surface area contributed by atoms with Crippen molar-refractivity contribution in [1.82, 2.24) is 0 Å². The van der Waals surface area contributed by atoms with Gasteiger partial charge in [0.05, 0.1) is 18.8 Å². The smallest absolute Gasteiger partial charge is 0.146 e. The Balaban J connectivity index is 2.30. The predicted octanol–water partition coefficient (Wildman–Crippen LogP) is 3.85. The SMILES string of the molecule is COc1ccc(F)c(NC(CN)c2ccc(F)cc2Br)c1. The minimum atomic E-state index is -0.410. The van der Waals surface area contributed by atoms with Crippen molar-refractivity contribution in [3.05, 3.63) is 58.1 Å². The van der Waals surface area contributed by atoms with Gasteiger partial charge in [-0.3, -0.25) is 0 Å². The highest BCUT2D eigenvalue weighted by Gasteiger charge is 2.15. The Morgan fingerprint density at radius 2 is 2.00 bits per heavy atom. The lowest BCUT2D eigenvalue weighted by molar-refractivity contribution is 0.414. The molecule has 112 valence electrons. The van der Waals surface area contributed by atoms with Gasteiger partial charge in [-0.25, -0.2) is 8.78 Å². The second-order valence-electron chi connectivity index (χ2n) is 4.44. The van der Waals surface area contributed by atoms with Crippen molar-refractivity contribution < 1.29 is 13.5 Å². The quantitative estimate of drug-likeness (QED) is 0.855. The Bertz CT molecular complexity index is 637. The van der Waals surface area contributed by atoms with Gasteiger partial charge in [-0.05, 0) is 29.8 Å². The highest BCUT2D eigenvalue weighted by atomic mass is 79.9. The number of anilines is 1. The first-order chi connectivity index (χ1) is 10.0. The normalized spacial score (nSPS) is 12.0. The molecule has 1 atom stereocenters. The number of benzene rings is 2. The monoisotopic (exact) mass is 356 g/mol. The molecular formula is C15H15BrF2N2O. The van der Waals surface area contributed by atoms with Gasteiger partial charge < -0.3 is 15.8 Å². The molecule has 0 heterocycles. The van der Waals surface area contributed by atoms with E-state index in [1.54, 1.807) is 12.1 Å². The third kappa shape index (κ3) is 3.71. The minimum absolute atomic E-state index is 0.223. The second kappa shape index (κ2) is 6.87. The third-order valence-electron chi connectivity index (χ3n) is 3.08. The molecule has 21 heavy (non-hydrogen) atoms. The van der Waals surface area contributed by atoms with Gasteiger partial charge in [-0.15, -0.1) is 0 Å². The zero-order valence-corrected chi connectivity index (χ0v) is 13.0. The fourth-order valence-electron chi connectivity index (χ4n) is 1.98. The molecule has 2 aromatic rings. The lowest BCUT2D eigenvalue weighted by Gasteiger charge is -2.20. The summed E-state index contributed by atoms with van der Waals surface area (Å²) in [7, 11) is 1.51. The Labute approximate surface area is 130 Å². The van der Waals surface area contributed by atoms with Crippen LogP contribution in [0.1, 0.15) is 11.6 Å². The van der Waals surface area contributed by atoms with Gasteiger partial charge in [0.2, 0.25) is 0 Å². The molecule has 0 aromatic heterocycles. The van der Waals surface area contributed by atoms with Gasteiger partial charge in [-0.2, -0.15) is 0 Å². The Morgan fingerprint density at radius 3 is 2.62 bits per heavy atom. The van der Waals surface area contributed by atoms with Crippen LogP contribution in [0.4, 0.5) is 14.5 Å². The molecule has 0 aliphatic heterocycles. The molecular weight excluding hydrogens is 342 g/mol. The molecule has 3 nitrogen and oxygen atoms in total. The number of rotatable bonds is 5. The maximum absolute atomic E-state index is 13.9. The second-order valence-corrected chi connectivity index (χ2v) is 5.30. The summed E-state index contributed by atoms with van der Waals surface area (Å²) in [6, 6.07) is 8.34. The molecule has 0 saturated carbocycles. The zero-order chi connectivity index (χ0) is 15.4. The first-order valence-electron chi connectivity index (χ1n) is 6.30. The Kier molecular flexibility index (Phi) is 5.14. The number of ether oxygens (including phenoxy) is 1. The van der Waals surface area contributed by atoms with Crippen LogP contribution >= 0.6 is 15.9 Å². The van der Waals surface area contributed by atoms with Crippen LogP contribution in [0.2, 0.25) is 0 Å². The van der Waals surface area contributed by atoms with Crippen LogP contribution in [0.15, 0.2) is 40.9 Å². The molecule has 0 radical (unpaired) electrons. The Morgan fingerprint density at radius 1 is 1.24 bits per heavy atom. The maximum atomic E-state index is 13.9. The molecule has 0 bridgehead atoms. The van der Waals surface area contributed by atoms with Crippen LogP contribution in [-0.4, -0.2) is 13.7 Å². The third-order valence-corrected chi connectivity index (χ3v) is 3.76. The van der Waals surface area contributed by atoms with Crippen molar-refractivity contribution in [2.24, 2.45) is 5.73 Å². The van der Waals surface area contributed by atoms with E-state index in [1.165, 1.54) is 31.4 Å². The fourth-order valence-corrected chi connectivity index (χ4v) is 2.60. The number of hydrogen-bond donors (Lipinski definition) is 2. The summed E-state index contributed by atoms with van der Waals surface area (Å²) < 4.78 is 32.6. The average molecular weight is 357 g/mol. The molecule has 1 unspecified atom stereocenters. The highest BCUT2D eigenvalue weighted by Crippen LogP contribution is 2.29. The van der Waals surface area contributed by atoms with E-state index in [0.717, 1.165) is 5.56 Å². The molecule has 0 fully saturated rings. The summed E-state index contributed by atoms with van der Waals surface area (Å²) in [6.45, 7) is 0.223. The van der Waals surface area contributed by atoms with Crippen LogP contribution in [0, 0.1) is 11.6 Å². The average Bonchev–Trinajstić information content (AvgIpc) is 2.47. The van der Waals surface area contributed by atoms with Crippen molar-refractivity contribution in [2.45, 2.75) is 6.04 Å². The zero-order valence-electron chi connectivity index (χ0n) is 11.4. The van der Waals surface area contributed by atoms with Crippen LogP contribution in [0.5, 0.6) is 5.75 Å². The van der Waals surface area contributed by atoms with Crippen molar-refractivity contribution in [3.8, 4) is 5.75 Å². The first kappa shape index (κ1) is 15.7. The van der Waals surface area contributed by atoms with E-state index in [2.05, 4.69) is 21.2 Å². The van der Waals surface area contributed by atoms with E-state index >= 15 is 0 Å². The van der Waals surface area contributed by atoms with E-state index in [9.17, 15) is 8.78 Å². The molecule has 0 saturated heterocycles. The van der Waals surface area contributed by atoms with Crippen molar-refractivity contribution in [2.75, 3.05) is 19.0 Å². The van der Waals surface area contributed by atoms with Gasteiger partial charge in [0.1, 0.15) is 17.4 Å². The molecule has 2 rings (SSSR count). The van der Waals surface area contributed by atoms with Crippen LogP contribution < -0.4 is 15.8 Å². The molecule has 0 spiro atoms. The molecule has 0 aliphatic rings. The number of nitrogens with two attached hydrogens (primary N) is 1. The van der Waals surface area contributed by atoms with Crippen molar-refractivity contribution in [1.29, 1.82) is 0 Å². The van der Waals surface area contributed by atoms with Gasteiger partial charge in [0, 0.05) is 17.1 Å². The largest absolute Gasteiger partial charge is 0.497 e.